The first kappa shape index (κ1) is 19.2. The number of anilines is 1. The maximum absolute atomic E-state index is 13.3. The average Bonchev–Trinajstić information content (AvgIpc) is 3.07. The fraction of sp³-hybridized carbons (Fsp3) is 0.350. The molecule has 1 aliphatic heterocycles. The van der Waals surface area contributed by atoms with Crippen LogP contribution in [0.25, 0.3) is 0 Å². The van der Waals surface area contributed by atoms with Gasteiger partial charge in [0.25, 0.3) is 0 Å². The van der Waals surface area contributed by atoms with Crippen molar-refractivity contribution in [3.8, 4) is 0 Å². The third-order valence-corrected chi connectivity index (χ3v) is 5.58. The SMILES string of the molecule is Cc1ccc(Cl)cc1N1CCC(CNC(=O)Cc2ccc(F)c(Br)c2)C1. The zero-order chi connectivity index (χ0) is 18.7. The summed E-state index contributed by atoms with van der Waals surface area (Å²) in [5.74, 6) is 0.0506. The van der Waals surface area contributed by atoms with Crippen LogP contribution in [0.3, 0.4) is 0 Å². The van der Waals surface area contributed by atoms with Gasteiger partial charge in [-0.1, -0.05) is 23.7 Å². The van der Waals surface area contributed by atoms with Crippen molar-refractivity contribution in [2.45, 2.75) is 19.8 Å². The number of hydrogen-bond donors (Lipinski definition) is 1. The van der Waals surface area contributed by atoms with E-state index in [-0.39, 0.29) is 18.1 Å². The van der Waals surface area contributed by atoms with E-state index in [0.29, 0.717) is 16.9 Å². The summed E-state index contributed by atoms with van der Waals surface area (Å²) in [6.45, 7) is 4.61. The van der Waals surface area contributed by atoms with Gasteiger partial charge < -0.3 is 10.2 Å². The number of nitrogens with one attached hydrogen (secondary N) is 1. The van der Waals surface area contributed by atoms with E-state index in [9.17, 15) is 9.18 Å². The van der Waals surface area contributed by atoms with Gasteiger partial charge in [0.05, 0.1) is 10.9 Å². The van der Waals surface area contributed by atoms with Crippen molar-refractivity contribution in [3.05, 3.63) is 62.8 Å². The molecule has 0 saturated carbocycles. The molecule has 0 aliphatic carbocycles. The van der Waals surface area contributed by atoms with Crippen molar-refractivity contribution < 1.29 is 9.18 Å². The maximum Gasteiger partial charge on any atom is 0.224 e. The summed E-state index contributed by atoms with van der Waals surface area (Å²) in [5, 5.41) is 3.75. The van der Waals surface area contributed by atoms with Crippen LogP contribution in [0.15, 0.2) is 40.9 Å². The van der Waals surface area contributed by atoms with Crippen molar-refractivity contribution >= 4 is 39.1 Å². The van der Waals surface area contributed by atoms with Gasteiger partial charge in [0, 0.05) is 30.3 Å². The number of hydrogen-bond acceptors (Lipinski definition) is 2. The first-order valence-electron chi connectivity index (χ1n) is 8.64. The largest absolute Gasteiger partial charge is 0.371 e. The molecule has 26 heavy (non-hydrogen) atoms. The zero-order valence-electron chi connectivity index (χ0n) is 14.6. The molecule has 1 aliphatic rings. The van der Waals surface area contributed by atoms with Crippen molar-refractivity contribution in [1.29, 1.82) is 0 Å². The normalized spacial score (nSPS) is 16.8. The number of nitrogens with zero attached hydrogens (tertiary/aromatic N) is 1. The number of rotatable bonds is 5. The standard InChI is InChI=1S/C20H21BrClFN2O/c1-13-2-4-16(22)10-19(13)25-7-6-15(12-25)11-24-20(26)9-14-3-5-18(23)17(21)8-14/h2-5,8,10,15H,6-7,9,11-12H2,1H3,(H,24,26). The van der Waals surface area contributed by atoms with Crippen molar-refractivity contribution in [1.82, 2.24) is 5.32 Å². The van der Waals surface area contributed by atoms with E-state index in [1.807, 2.05) is 18.2 Å². The highest BCUT2D eigenvalue weighted by molar-refractivity contribution is 9.10. The second-order valence-electron chi connectivity index (χ2n) is 6.76. The van der Waals surface area contributed by atoms with Gasteiger partial charge in [-0.05, 0) is 70.6 Å². The Morgan fingerprint density at radius 3 is 2.92 bits per heavy atom. The summed E-state index contributed by atoms with van der Waals surface area (Å²) in [4.78, 5) is 14.5. The molecular formula is C20H21BrClFN2O. The summed E-state index contributed by atoms with van der Waals surface area (Å²) < 4.78 is 13.6. The van der Waals surface area contributed by atoms with E-state index in [1.165, 1.54) is 17.3 Å². The van der Waals surface area contributed by atoms with Crippen LogP contribution in [0.4, 0.5) is 10.1 Å². The molecule has 1 unspecified atom stereocenters. The molecule has 1 heterocycles. The number of halogens is 3. The van der Waals surface area contributed by atoms with Gasteiger partial charge in [0.1, 0.15) is 5.82 Å². The maximum atomic E-state index is 13.3. The van der Waals surface area contributed by atoms with E-state index >= 15 is 0 Å². The number of benzene rings is 2. The molecule has 1 amide bonds. The smallest absolute Gasteiger partial charge is 0.224 e. The molecule has 0 radical (unpaired) electrons. The molecule has 2 aromatic carbocycles. The Bertz CT molecular complexity index is 814. The number of carbonyl (C=O) groups excluding carboxylic acids is 1. The van der Waals surface area contributed by atoms with E-state index in [0.717, 1.165) is 30.1 Å². The quantitative estimate of drug-likeness (QED) is 0.730. The van der Waals surface area contributed by atoms with E-state index in [4.69, 9.17) is 11.6 Å². The predicted octanol–water partition coefficient (Wildman–Crippen LogP) is 4.74. The first-order chi connectivity index (χ1) is 12.4. The number of aryl methyl sites for hydroxylation is 1. The minimum Gasteiger partial charge on any atom is -0.371 e. The summed E-state index contributed by atoms with van der Waals surface area (Å²) in [5.41, 5.74) is 3.17. The fourth-order valence-corrected chi connectivity index (χ4v) is 3.89. The van der Waals surface area contributed by atoms with Gasteiger partial charge >= 0.3 is 0 Å². The summed E-state index contributed by atoms with van der Waals surface area (Å²) in [6.07, 6.45) is 1.29. The van der Waals surface area contributed by atoms with Gasteiger partial charge in [0.15, 0.2) is 0 Å². The molecule has 1 fully saturated rings. The number of carbonyl (C=O) groups is 1. The van der Waals surface area contributed by atoms with Crippen LogP contribution in [0.5, 0.6) is 0 Å². The lowest BCUT2D eigenvalue weighted by Gasteiger charge is -2.21. The molecule has 2 aromatic rings. The zero-order valence-corrected chi connectivity index (χ0v) is 16.9. The molecule has 1 atom stereocenters. The van der Waals surface area contributed by atoms with Crippen LogP contribution in [-0.2, 0) is 11.2 Å². The van der Waals surface area contributed by atoms with E-state index in [1.54, 1.807) is 12.1 Å². The molecule has 6 heteroatoms. The highest BCUT2D eigenvalue weighted by Crippen LogP contribution is 2.29. The Balaban J connectivity index is 1.50. The molecule has 138 valence electrons. The van der Waals surface area contributed by atoms with Gasteiger partial charge in [0.2, 0.25) is 5.91 Å². The Kier molecular flexibility index (Phi) is 6.20. The van der Waals surface area contributed by atoms with Crippen LogP contribution >= 0.6 is 27.5 Å². The third-order valence-electron chi connectivity index (χ3n) is 4.73. The molecule has 3 rings (SSSR count). The van der Waals surface area contributed by atoms with Gasteiger partial charge in [-0.2, -0.15) is 0 Å². The Morgan fingerprint density at radius 1 is 1.35 bits per heavy atom. The lowest BCUT2D eigenvalue weighted by molar-refractivity contribution is -0.120. The molecule has 1 N–H and O–H groups in total. The van der Waals surface area contributed by atoms with E-state index in [2.05, 4.69) is 33.1 Å². The monoisotopic (exact) mass is 438 g/mol. The van der Waals surface area contributed by atoms with Crippen molar-refractivity contribution in [2.24, 2.45) is 5.92 Å². The minimum absolute atomic E-state index is 0.0408. The predicted molar refractivity (Wildman–Crippen MR) is 107 cm³/mol. The van der Waals surface area contributed by atoms with Gasteiger partial charge in [-0.3, -0.25) is 4.79 Å². The van der Waals surface area contributed by atoms with Gasteiger partial charge in [-0.25, -0.2) is 4.39 Å². The Morgan fingerprint density at radius 2 is 2.15 bits per heavy atom. The molecule has 1 saturated heterocycles. The summed E-state index contributed by atoms with van der Waals surface area (Å²) in [6, 6.07) is 10.6. The lowest BCUT2D eigenvalue weighted by atomic mass is 10.1. The van der Waals surface area contributed by atoms with E-state index < -0.39 is 0 Å². The summed E-state index contributed by atoms with van der Waals surface area (Å²) >= 11 is 9.27. The second-order valence-corrected chi connectivity index (χ2v) is 8.05. The Labute approximate surface area is 166 Å². The van der Waals surface area contributed by atoms with Crippen molar-refractivity contribution in [3.63, 3.8) is 0 Å². The molecule has 0 bridgehead atoms. The van der Waals surface area contributed by atoms with Crippen LogP contribution < -0.4 is 10.2 Å². The highest BCUT2D eigenvalue weighted by atomic mass is 79.9. The lowest BCUT2D eigenvalue weighted by Crippen LogP contribution is -2.32. The van der Waals surface area contributed by atoms with Crippen LogP contribution in [0.2, 0.25) is 5.02 Å². The van der Waals surface area contributed by atoms with Crippen LogP contribution in [-0.4, -0.2) is 25.5 Å². The van der Waals surface area contributed by atoms with Gasteiger partial charge in [-0.15, -0.1) is 0 Å². The first-order valence-corrected chi connectivity index (χ1v) is 9.81. The van der Waals surface area contributed by atoms with Crippen LogP contribution in [0, 0.1) is 18.7 Å². The minimum atomic E-state index is -0.323. The average molecular weight is 440 g/mol. The summed E-state index contributed by atoms with van der Waals surface area (Å²) in [7, 11) is 0. The topological polar surface area (TPSA) is 32.3 Å². The molecule has 3 nitrogen and oxygen atoms in total. The molecular weight excluding hydrogens is 419 g/mol. The third kappa shape index (κ3) is 4.77. The number of amides is 1. The van der Waals surface area contributed by atoms with Crippen molar-refractivity contribution in [2.75, 3.05) is 24.5 Å². The van der Waals surface area contributed by atoms with Crippen LogP contribution in [0.1, 0.15) is 17.5 Å². The second kappa shape index (κ2) is 8.40. The molecule has 0 spiro atoms. The Hall–Kier alpha value is -1.59. The highest BCUT2D eigenvalue weighted by Gasteiger charge is 2.24. The molecule has 0 aromatic heterocycles. The fourth-order valence-electron chi connectivity index (χ4n) is 3.30.